The van der Waals surface area contributed by atoms with Gasteiger partial charge < -0.3 is 5.32 Å². The summed E-state index contributed by atoms with van der Waals surface area (Å²) in [6, 6.07) is 14.0. The quantitative estimate of drug-likeness (QED) is 0.774. The molecule has 1 aliphatic carbocycles. The number of hydrogen-bond donors (Lipinski definition) is 1. The van der Waals surface area contributed by atoms with Crippen molar-refractivity contribution in [3.8, 4) is 0 Å². The van der Waals surface area contributed by atoms with Crippen LogP contribution in [0.1, 0.15) is 43.4 Å². The lowest BCUT2D eigenvalue weighted by Gasteiger charge is -2.19. The van der Waals surface area contributed by atoms with Gasteiger partial charge in [0.2, 0.25) is 0 Å². The van der Waals surface area contributed by atoms with Crippen LogP contribution in [0.3, 0.4) is 0 Å². The molecular formula is C17H21N. The maximum absolute atomic E-state index is 3.65. The van der Waals surface area contributed by atoms with E-state index in [1.54, 1.807) is 5.56 Å². The molecule has 0 saturated heterocycles. The van der Waals surface area contributed by atoms with Crippen LogP contribution in [0.25, 0.3) is 10.8 Å². The number of rotatable bonds is 2. The lowest BCUT2D eigenvalue weighted by Crippen LogP contribution is -2.21. The Morgan fingerprint density at radius 1 is 1.11 bits per heavy atom. The number of fused-ring (bicyclic) bond motifs is 3. The second-order valence-corrected chi connectivity index (χ2v) is 5.21. The third-order valence-electron chi connectivity index (χ3n) is 4.07. The Labute approximate surface area is 109 Å². The highest BCUT2D eigenvalue weighted by molar-refractivity contribution is 5.87. The maximum Gasteiger partial charge on any atom is 0.0323 e. The van der Waals surface area contributed by atoms with E-state index in [0.29, 0.717) is 6.04 Å². The molecule has 1 aliphatic rings. The SMILES string of the molecule is CCNC1CCCCc2c1ccc1ccccc21. The number of hydrogen-bond acceptors (Lipinski definition) is 1. The van der Waals surface area contributed by atoms with Crippen LogP contribution in [-0.2, 0) is 6.42 Å². The van der Waals surface area contributed by atoms with Gasteiger partial charge in [-0.2, -0.15) is 0 Å². The third kappa shape index (κ3) is 2.04. The predicted octanol–water partition coefficient (Wildman–Crippen LogP) is 4.22. The molecular weight excluding hydrogens is 218 g/mol. The minimum absolute atomic E-state index is 0.553. The zero-order valence-corrected chi connectivity index (χ0v) is 11.1. The van der Waals surface area contributed by atoms with Crippen molar-refractivity contribution in [2.45, 2.75) is 38.6 Å². The monoisotopic (exact) mass is 239 g/mol. The summed E-state index contributed by atoms with van der Waals surface area (Å²) in [6.45, 7) is 3.25. The summed E-state index contributed by atoms with van der Waals surface area (Å²) < 4.78 is 0. The standard InChI is InChI=1S/C17H21N/c1-2-18-17-10-6-5-9-15-14-8-4-3-7-13(14)11-12-16(15)17/h3-4,7-8,11-12,17-18H,2,5-6,9-10H2,1H3. The number of benzene rings is 2. The second kappa shape index (κ2) is 5.11. The van der Waals surface area contributed by atoms with E-state index < -0.39 is 0 Å². The molecule has 0 aromatic heterocycles. The first kappa shape index (κ1) is 11.7. The molecule has 0 radical (unpaired) electrons. The Morgan fingerprint density at radius 3 is 2.89 bits per heavy atom. The Kier molecular flexibility index (Phi) is 3.33. The van der Waals surface area contributed by atoms with Crippen molar-refractivity contribution >= 4 is 10.8 Å². The molecule has 2 aromatic carbocycles. The summed E-state index contributed by atoms with van der Waals surface area (Å²) >= 11 is 0. The summed E-state index contributed by atoms with van der Waals surface area (Å²) in [6.07, 6.45) is 5.17. The van der Waals surface area contributed by atoms with Crippen LogP contribution in [0, 0.1) is 0 Å². The van der Waals surface area contributed by atoms with Crippen molar-refractivity contribution in [2.24, 2.45) is 0 Å². The van der Waals surface area contributed by atoms with Gasteiger partial charge in [0.15, 0.2) is 0 Å². The summed E-state index contributed by atoms with van der Waals surface area (Å²) in [5, 5.41) is 6.49. The average molecular weight is 239 g/mol. The fourth-order valence-corrected chi connectivity index (χ4v) is 3.22. The number of nitrogens with one attached hydrogen (secondary N) is 1. The Morgan fingerprint density at radius 2 is 2.00 bits per heavy atom. The predicted molar refractivity (Wildman–Crippen MR) is 77.9 cm³/mol. The Balaban J connectivity index is 2.16. The number of aryl methyl sites for hydroxylation is 1. The van der Waals surface area contributed by atoms with Gasteiger partial charge in [-0.3, -0.25) is 0 Å². The van der Waals surface area contributed by atoms with Crippen molar-refractivity contribution in [2.75, 3.05) is 6.54 Å². The van der Waals surface area contributed by atoms with Gasteiger partial charge in [0.05, 0.1) is 0 Å². The first-order chi connectivity index (χ1) is 8.90. The molecule has 18 heavy (non-hydrogen) atoms. The summed E-state index contributed by atoms with van der Waals surface area (Å²) in [5.41, 5.74) is 3.12. The van der Waals surface area contributed by atoms with E-state index in [1.807, 2.05) is 0 Å². The van der Waals surface area contributed by atoms with Gasteiger partial charge in [-0.15, -0.1) is 0 Å². The first-order valence-electron chi connectivity index (χ1n) is 7.14. The largest absolute Gasteiger partial charge is 0.310 e. The lowest BCUT2D eigenvalue weighted by molar-refractivity contribution is 0.504. The van der Waals surface area contributed by atoms with Crippen LogP contribution in [0.4, 0.5) is 0 Å². The van der Waals surface area contributed by atoms with Crippen molar-refractivity contribution in [3.05, 3.63) is 47.5 Å². The average Bonchev–Trinajstić information content (AvgIpc) is 2.62. The molecule has 2 aromatic rings. The second-order valence-electron chi connectivity index (χ2n) is 5.21. The summed E-state index contributed by atoms with van der Waals surface area (Å²) in [5.74, 6) is 0. The van der Waals surface area contributed by atoms with Gasteiger partial charge in [0, 0.05) is 6.04 Å². The third-order valence-corrected chi connectivity index (χ3v) is 4.07. The fourth-order valence-electron chi connectivity index (χ4n) is 3.22. The van der Waals surface area contributed by atoms with Crippen molar-refractivity contribution in [1.82, 2.24) is 5.32 Å². The van der Waals surface area contributed by atoms with E-state index in [9.17, 15) is 0 Å². The van der Waals surface area contributed by atoms with Crippen molar-refractivity contribution < 1.29 is 0 Å². The highest BCUT2D eigenvalue weighted by Crippen LogP contribution is 2.33. The van der Waals surface area contributed by atoms with Gasteiger partial charge in [0.1, 0.15) is 0 Å². The molecule has 1 nitrogen and oxygen atoms in total. The first-order valence-corrected chi connectivity index (χ1v) is 7.14. The van der Waals surface area contributed by atoms with Crippen molar-refractivity contribution in [3.63, 3.8) is 0 Å². The Hall–Kier alpha value is -1.34. The van der Waals surface area contributed by atoms with E-state index in [4.69, 9.17) is 0 Å². The van der Waals surface area contributed by atoms with Gasteiger partial charge >= 0.3 is 0 Å². The minimum Gasteiger partial charge on any atom is -0.310 e. The molecule has 0 aliphatic heterocycles. The summed E-state index contributed by atoms with van der Waals surface area (Å²) in [7, 11) is 0. The van der Waals surface area contributed by atoms with Gasteiger partial charge in [-0.05, 0) is 47.7 Å². The van der Waals surface area contributed by atoms with E-state index >= 15 is 0 Å². The molecule has 3 rings (SSSR count). The van der Waals surface area contributed by atoms with E-state index in [-0.39, 0.29) is 0 Å². The van der Waals surface area contributed by atoms with Crippen LogP contribution < -0.4 is 5.32 Å². The zero-order valence-electron chi connectivity index (χ0n) is 11.1. The molecule has 0 heterocycles. The molecule has 1 N–H and O–H groups in total. The molecule has 0 amide bonds. The molecule has 0 saturated carbocycles. The van der Waals surface area contributed by atoms with Crippen LogP contribution in [0.2, 0.25) is 0 Å². The highest BCUT2D eigenvalue weighted by Gasteiger charge is 2.19. The molecule has 0 bridgehead atoms. The smallest absolute Gasteiger partial charge is 0.0323 e. The van der Waals surface area contributed by atoms with Gasteiger partial charge in [-0.25, -0.2) is 0 Å². The lowest BCUT2D eigenvalue weighted by atomic mass is 9.93. The molecule has 0 spiro atoms. The minimum atomic E-state index is 0.553. The van der Waals surface area contributed by atoms with Gasteiger partial charge in [-0.1, -0.05) is 49.7 Å². The van der Waals surface area contributed by atoms with E-state index in [0.717, 1.165) is 6.54 Å². The molecule has 1 heteroatoms. The van der Waals surface area contributed by atoms with E-state index in [1.165, 1.54) is 42.0 Å². The van der Waals surface area contributed by atoms with Crippen molar-refractivity contribution in [1.29, 1.82) is 0 Å². The fraction of sp³-hybridized carbons (Fsp3) is 0.412. The maximum atomic E-state index is 3.65. The zero-order chi connectivity index (χ0) is 12.4. The van der Waals surface area contributed by atoms with Gasteiger partial charge in [0.25, 0.3) is 0 Å². The molecule has 94 valence electrons. The van der Waals surface area contributed by atoms with Crippen LogP contribution in [-0.4, -0.2) is 6.54 Å². The highest BCUT2D eigenvalue weighted by atomic mass is 14.9. The van der Waals surface area contributed by atoms with Crippen LogP contribution in [0.5, 0.6) is 0 Å². The molecule has 1 atom stereocenters. The topological polar surface area (TPSA) is 12.0 Å². The van der Waals surface area contributed by atoms with Crippen LogP contribution in [0.15, 0.2) is 36.4 Å². The molecule has 0 fully saturated rings. The normalized spacial score (nSPS) is 19.5. The summed E-state index contributed by atoms with van der Waals surface area (Å²) in [4.78, 5) is 0. The van der Waals surface area contributed by atoms with Crippen LogP contribution >= 0.6 is 0 Å². The molecule has 1 unspecified atom stereocenters. The van der Waals surface area contributed by atoms with E-state index in [2.05, 4.69) is 48.6 Å². The Bertz CT molecular complexity index is 544.